The van der Waals surface area contributed by atoms with Gasteiger partial charge in [-0.3, -0.25) is 4.79 Å². The van der Waals surface area contributed by atoms with Gasteiger partial charge in [0, 0.05) is 45.3 Å². The topological polar surface area (TPSA) is 60.9 Å². The second-order valence-corrected chi connectivity index (χ2v) is 9.19. The fourth-order valence-corrected chi connectivity index (χ4v) is 5.07. The van der Waals surface area contributed by atoms with Crippen LogP contribution in [0.5, 0.6) is 0 Å². The summed E-state index contributed by atoms with van der Waals surface area (Å²) in [4.78, 5) is 16.4. The van der Waals surface area contributed by atoms with Crippen LogP contribution in [-0.2, 0) is 14.8 Å². The first-order valence-electron chi connectivity index (χ1n) is 10.4. The number of carbonyl (C=O) groups excluding carboxylic acids is 1. The first-order valence-corrected chi connectivity index (χ1v) is 11.9. The van der Waals surface area contributed by atoms with Crippen molar-refractivity contribution in [3.05, 3.63) is 66.0 Å². The Morgan fingerprint density at radius 3 is 2.19 bits per heavy atom. The van der Waals surface area contributed by atoms with Crippen LogP contribution in [0, 0.1) is 5.82 Å². The lowest BCUT2D eigenvalue weighted by Gasteiger charge is -2.35. The summed E-state index contributed by atoms with van der Waals surface area (Å²) in [7, 11) is -3.49. The van der Waals surface area contributed by atoms with Gasteiger partial charge in [0.2, 0.25) is 15.9 Å². The zero-order valence-electron chi connectivity index (χ0n) is 17.9. The first kappa shape index (κ1) is 23.0. The maximum atomic E-state index is 14.0. The van der Waals surface area contributed by atoms with Crippen molar-refractivity contribution < 1.29 is 17.6 Å². The molecule has 1 aliphatic rings. The van der Waals surface area contributed by atoms with Crippen LogP contribution in [0.2, 0.25) is 0 Å². The third-order valence-corrected chi connectivity index (χ3v) is 7.49. The molecule has 2 aromatic carbocycles. The van der Waals surface area contributed by atoms with Gasteiger partial charge in [-0.1, -0.05) is 38.1 Å². The Labute approximate surface area is 183 Å². The number of amides is 1. The third kappa shape index (κ3) is 5.32. The summed E-state index contributed by atoms with van der Waals surface area (Å²) in [6.45, 7) is 6.60. The van der Waals surface area contributed by atoms with Gasteiger partial charge < -0.3 is 9.80 Å². The number of anilines is 1. The average Bonchev–Trinajstić information content (AvgIpc) is 2.79. The van der Waals surface area contributed by atoms with Crippen LogP contribution in [0.1, 0.15) is 19.4 Å². The molecule has 31 heavy (non-hydrogen) atoms. The van der Waals surface area contributed by atoms with E-state index in [1.165, 1.54) is 16.4 Å². The molecule has 0 radical (unpaired) electrons. The first-order chi connectivity index (χ1) is 14.9. The second-order valence-electron chi connectivity index (χ2n) is 7.26. The van der Waals surface area contributed by atoms with Gasteiger partial charge in [0.05, 0.1) is 10.6 Å². The van der Waals surface area contributed by atoms with Gasteiger partial charge in [0.25, 0.3) is 0 Å². The summed E-state index contributed by atoms with van der Waals surface area (Å²) >= 11 is 0. The summed E-state index contributed by atoms with van der Waals surface area (Å²) in [5.74, 6) is -0.373. The van der Waals surface area contributed by atoms with Crippen molar-refractivity contribution >= 4 is 27.7 Å². The van der Waals surface area contributed by atoms with Crippen LogP contribution >= 0.6 is 0 Å². The quantitative estimate of drug-likeness (QED) is 0.614. The van der Waals surface area contributed by atoms with Crippen molar-refractivity contribution in [2.45, 2.75) is 18.7 Å². The van der Waals surface area contributed by atoms with Crippen molar-refractivity contribution in [3.8, 4) is 0 Å². The van der Waals surface area contributed by atoms with Gasteiger partial charge in [0.1, 0.15) is 5.82 Å². The Hall–Kier alpha value is -2.71. The molecular weight excluding hydrogens is 417 g/mol. The molecule has 1 fully saturated rings. The van der Waals surface area contributed by atoms with E-state index in [0.717, 1.165) is 5.56 Å². The minimum absolute atomic E-state index is 0.118. The van der Waals surface area contributed by atoms with Gasteiger partial charge >= 0.3 is 0 Å². The van der Waals surface area contributed by atoms with Crippen molar-refractivity contribution in [1.29, 1.82) is 0 Å². The Balaban J connectivity index is 1.59. The molecule has 0 atom stereocenters. The second kappa shape index (κ2) is 10.1. The number of benzene rings is 2. The highest BCUT2D eigenvalue weighted by molar-refractivity contribution is 7.89. The number of nitrogens with zero attached hydrogens (tertiary/aromatic N) is 3. The average molecular weight is 446 g/mol. The molecule has 1 heterocycles. The van der Waals surface area contributed by atoms with Crippen LogP contribution in [0.3, 0.4) is 0 Å². The molecule has 2 aromatic rings. The van der Waals surface area contributed by atoms with Crippen LogP contribution in [0.4, 0.5) is 10.1 Å². The molecule has 166 valence electrons. The summed E-state index contributed by atoms with van der Waals surface area (Å²) in [5.41, 5.74) is 1.31. The zero-order valence-corrected chi connectivity index (χ0v) is 18.7. The van der Waals surface area contributed by atoms with Gasteiger partial charge in [-0.15, -0.1) is 0 Å². The number of rotatable bonds is 7. The Kier molecular flexibility index (Phi) is 7.46. The maximum absolute atomic E-state index is 14.0. The number of hydrogen-bond acceptors (Lipinski definition) is 4. The zero-order chi connectivity index (χ0) is 22.4. The van der Waals surface area contributed by atoms with E-state index in [1.807, 2.05) is 4.90 Å². The molecule has 3 rings (SSSR count). The maximum Gasteiger partial charge on any atom is 0.246 e. The van der Waals surface area contributed by atoms with E-state index < -0.39 is 10.0 Å². The Morgan fingerprint density at radius 1 is 1.00 bits per heavy atom. The van der Waals surface area contributed by atoms with E-state index in [0.29, 0.717) is 45.0 Å². The minimum Gasteiger partial charge on any atom is -0.366 e. The normalized spacial score (nSPS) is 15.1. The molecule has 0 bridgehead atoms. The summed E-state index contributed by atoms with van der Waals surface area (Å²) < 4.78 is 40.5. The number of para-hydroxylation sites is 1. The number of halogens is 1. The predicted octanol–water partition coefficient (Wildman–Crippen LogP) is 3.22. The lowest BCUT2D eigenvalue weighted by atomic mass is 10.2. The summed E-state index contributed by atoms with van der Waals surface area (Å²) in [6, 6.07) is 13.2. The van der Waals surface area contributed by atoms with E-state index in [1.54, 1.807) is 67.3 Å². The van der Waals surface area contributed by atoms with E-state index in [9.17, 15) is 17.6 Å². The molecule has 8 heteroatoms. The summed E-state index contributed by atoms with van der Waals surface area (Å²) in [6.07, 6.45) is 3.17. The highest BCUT2D eigenvalue weighted by Gasteiger charge is 2.22. The van der Waals surface area contributed by atoms with Gasteiger partial charge in [-0.05, 0) is 35.9 Å². The van der Waals surface area contributed by atoms with Gasteiger partial charge in [0.15, 0.2) is 0 Å². The van der Waals surface area contributed by atoms with E-state index in [-0.39, 0.29) is 16.6 Å². The molecule has 0 spiro atoms. The van der Waals surface area contributed by atoms with Gasteiger partial charge in [-0.25, -0.2) is 12.8 Å². The molecule has 0 N–H and O–H groups in total. The van der Waals surface area contributed by atoms with Crippen LogP contribution in [0.15, 0.2) is 59.5 Å². The molecule has 0 aromatic heterocycles. The monoisotopic (exact) mass is 445 g/mol. The molecule has 1 aliphatic heterocycles. The Bertz CT molecular complexity index is 1030. The molecular formula is C23H28FN3O3S. The molecule has 0 aliphatic carbocycles. The number of carbonyl (C=O) groups is 1. The molecule has 0 unspecified atom stereocenters. The summed E-state index contributed by atoms with van der Waals surface area (Å²) in [5, 5.41) is 0. The van der Waals surface area contributed by atoms with Crippen molar-refractivity contribution in [2.75, 3.05) is 44.2 Å². The molecule has 0 saturated carbocycles. The van der Waals surface area contributed by atoms with Crippen molar-refractivity contribution in [1.82, 2.24) is 9.21 Å². The number of piperazine rings is 1. The van der Waals surface area contributed by atoms with E-state index in [2.05, 4.69) is 0 Å². The molecule has 1 amide bonds. The molecule has 6 nitrogen and oxygen atoms in total. The van der Waals surface area contributed by atoms with Crippen molar-refractivity contribution in [2.24, 2.45) is 0 Å². The van der Waals surface area contributed by atoms with Crippen molar-refractivity contribution in [3.63, 3.8) is 0 Å². The highest BCUT2D eigenvalue weighted by Crippen LogP contribution is 2.20. The van der Waals surface area contributed by atoms with Gasteiger partial charge in [-0.2, -0.15) is 4.31 Å². The highest BCUT2D eigenvalue weighted by atomic mass is 32.2. The standard InChI is InChI=1S/C23H28FN3O3S/c1-3-27(4-2)31(29,30)20-12-9-19(10-13-20)11-14-23(28)26-17-15-25(16-18-26)22-8-6-5-7-21(22)24/h5-14H,3-4,15-18H2,1-2H3/b14-11+. The largest absolute Gasteiger partial charge is 0.366 e. The van der Waals surface area contributed by atoms with E-state index >= 15 is 0 Å². The fraction of sp³-hybridized carbons (Fsp3) is 0.348. The Morgan fingerprint density at radius 2 is 1.61 bits per heavy atom. The minimum atomic E-state index is -3.49. The fourth-order valence-electron chi connectivity index (χ4n) is 3.61. The number of sulfonamides is 1. The third-order valence-electron chi connectivity index (χ3n) is 5.43. The van der Waals surface area contributed by atoms with E-state index in [4.69, 9.17) is 0 Å². The predicted molar refractivity (Wildman–Crippen MR) is 121 cm³/mol. The van der Waals surface area contributed by atoms with Crippen LogP contribution in [0.25, 0.3) is 6.08 Å². The number of hydrogen-bond donors (Lipinski definition) is 0. The lowest BCUT2D eigenvalue weighted by Crippen LogP contribution is -2.48. The SMILES string of the molecule is CCN(CC)S(=O)(=O)c1ccc(/C=C/C(=O)N2CCN(c3ccccc3F)CC2)cc1. The lowest BCUT2D eigenvalue weighted by molar-refractivity contribution is -0.126. The molecule has 1 saturated heterocycles. The van der Waals surface area contributed by atoms with Crippen LogP contribution < -0.4 is 4.90 Å². The van der Waals surface area contributed by atoms with Crippen LogP contribution in [-0.4, -0.2) is 62.8 Å². The smallest absolute Gasteiger partial charge is 0.246 e.